The van der Waals surface area contributed by atoms with Gasteiger partial charge in [0.15, 0.2) is 0 Å². The first kappa shape index (κ1) is 16.6. The molecule has 0 aliphatic carbocycles. The van der Waals surface area contributed by atoms with Crippen molar-refractivity contribution in [2.45, 2.75) is 25.9 Å². The maximum atomic E-state index is 12.4. The van der Waals surface area contributed by atoms with Gasteiger partial charge in [-0.2, -0.15) is 17.0 Å². The minimum absolute atomic E-state index is 0.184. The van der Waals surface area contributed by atoms with Crippen LogP contribution in [0.3, 0.4) is 0 Å². The number of hydrogen-bond donors (Lipinski definition) is 1. The molecule has 0 unspecified atom stereocenters. The maximum Gasteiger partial charge on any atom is 0.324 e. The normalized spacial score (nSPS) is 12.9. The van der Waals surface area contributed by atoms with Crippen molar-refractivity contribution >= 4 is 16.2 Å². The maximum absolute atomic E-state index is 12.4. The summed E-state index contributed by atoms with van der Waals surface area (Å²) >= 11 is 0. The number of nitrogens with zero attached hydrogens (tertiary/aromatic N) is 2. The Labute approximate surface area is 119 Å². The molecule has 20 heavy (non-hydrogen) atoms. The zero-order valence-corrected chi connectivity index (χ0v) is 12.9. The summed E-state index contributed by atoms with van der Waals surface area (Å²) in [4.78, 5) is 11.2. The molecule has 0 radical (unpaired) electrons. The first-order valence-corrected chi connectivity index (χ1v) is 7.47. The van der Waals surface area contributed by atoms with Gasteiger partial charge in [-0.25, -0.2) is 0 Å². The van der Waals surface area contributed by atoms with Crippen molar-refractivity contribution in [1.29, 1.82) is 0 Å². The molecule has 7 heteroatoms. The molecule has 0 saturated carbocycles. The fourth-order valence-electron chi connectivity index (χ4n) is 1.55. The lowest BCUT2D eigenvalue weighted by Crippen LogP contribution is -2.54. The molecule has 0 bridgehead atoms. The lowest BCUT2D eigenvalue weighted by atomic mass is 10.1. The van der Waals surface area contributed by atoms with Gasteiger partial charge in [0.25, 0.3) is 10.2 Å². The van der Waals surface area contributed by atoms with E-state index in [1.807, 2.05) is 30.3 Å². The molecule has 1 N–H and O–H groups in total. The fourth-order valence-corrected chi connectivity index (χ4v) is 2.94. The summed E-state index contributed by atoms with van der Waals surface area (Å²) in [5.41, 5.74) is -0.677. The van der Waals surface area contributed by atoms with Crippen LogP contribution in [0.5, 0.6) is 0 Å². The van der Waals surface area contributed by atoms with Gasteiger partial charge in [0.2, 0.25) is 0 Å². The molecule has 6 nitrogen and oxygen atoms in total. The zero-order valence-electron chi connectivity index (χ0n) is 12.1. The van der Waals surface area contributed by atoms with Crippen LogP contribution < -0.4 is 0 Å². The van der Waals surface area contributed by atoms with E-state index < -0.39 is 21.7 Å². The van der Waals surface area contributed by atoms with Crippen LogP contribution in [0.25, 0.3) is 0 Å². The van der Waals surface area contributed by atoms with Crippen molar-refractivity contribution in [3.8, 4) is 0 Å². The van der Waals surface area contributed by atoms with E-state index in [4.69, 9.17) is 5.11 Å². The SMILES string of the molecule is CN(Cc1ccccc1)S(=O)(=O)N(C)C(C)(C)C(=O)O. The van der Waals surface area contributed by atoms with Gasteiger partial charge in [0.1, 0.15) is 5.54 Å². The van der Waals surface area contributed by atoms with Gasteiger partial charge in [-0.15, -0.1) is 0 Å². The number of hydrogen-bond acceptors (Lipinski definition) is 3. The van der Waals surface area contributed by atoms with Crippen molar-refractivity contribution in [3.05, 3.63) is 35.9 Å². The third-order valence-corrected chi connectivity index (χ3v) is 5.36. The van der Waals surface area contributed by atoms with Gasteiger partial charge in [-0.05, 0) is 19.4 Å². The van der Waals surface area contributed by atoms with Crippen LogP contribution in [0, 0.1) is 0 Å². The molecular weight excluding hydrogens is 280 g/mol. The second kappa shape index (κ2) is 5.90. The summed E-state index contributed by atoms with van der Waals surface area (Å²) < 4.78 is 26.7. The minimum atomic E-state index is -3.85. The second-order valence-corrected chi connectivity index (χ2v) is 7.15. The summed E-state index contributed by atoms with van der Waals surface area (Å²) in [6.45, 7) is 2.88. The number of likely N-dealkylation sites (N-methyl/N-ethyl adjacent to an activating group) is 1. The molecule has 0 heterocycles. The molecule has 0 amide bonds. The Hall–Kier alpha value is -1.44. The van der Waals surface area contributed by atoms with E-state index in [9.17, 15) is 13.2 Å². The van der Waals surface area contributed by atoms with E-state index in [-0.39, 0.29) is 6.54 Å². The van der Waals surface area contributed by atoms with Crippen LogP contribution >= 0.6 is 0 Å². The van der Waals surface area contributed by atoms with Crippen molar-refractivity contribution in [1.82, 2.24) is 8.61 Å². The summed E-state index contributed by atoms with van der Waals surface area (Å²) in [7, 11) is -1.16. The molecule has 112 valence electrons. The van der Waals surface area contributed by atoms with Gasteiger partial charge in [0.05, 0.1) is 0 Å². The van der Waals surface area contributed by atoms with Crippen LogP contribution in [0.4, 0.5) is 0 Å². The van der Waals surface area contributed by atoms with Gasteiger partial charge >= 0.3 is 5.97 Å². The Balaban J connectivity index is 2.96. The van der Waals surface area contributed by atoms with E-state index in [1.54, 1.807) is 0 Å². The first-order chi connectivity index (χ1) is 9.10. The zero-order chi connectivity index (χ0) is 15.6. The molecule has 0 aromatic heterocycles. The van der Waals surface area contributed by atoms with Crippen molar-refractivity contribution < 1.29 is 18.3 Å². The lowest BCUT2D eigenvalue weighted by molar-refractivity contribution is -0.146. The second-order valence-electron chi connectivity index (χ2n) is 5.08. The Kier molecular flexibility index (Phi) is 4.90. The van der Waals surface area contributed by atoms with Crippen molar-refractivity contribution in [2.75, 3.05) is 14.1 Å². The molecule has 0 aliphatic heterocycles. The number of carbonyl (C=O) groups is 1. The van der Waals surface area contributed by atoms with E-state index in [0.29, 0.717) is 0 Å². The Bertz CT molecular complexity index is 569. The first-order valence-electron chi connectivity index (χ1n) is 6.07. The smallest absolute Gasteiger partial charge is 0.324 e. The molecule has 0 saturated heterocycles. The third kappa shape index (κ3) is 3.36. The standard InChI is InChI=1S/C13H20N2O4S/c1-13(2,12(16)17)15(4)20(18,19)14(3)10-11-8-6-5-7-9-11/h5-9H,10H2,1-4H3,(H,16,17). The molecule has 0 spiro atoms. The highest BCUT2D eigenvalue weighted by Gasteiger charge is 2.41. The van der Waals surface area contributed by atoms with E-state index in [0.717, 1.165) is 14.2 Å². The lowest BCUT2D eigenvalue weighted by Gasteiger charge is -2.33. The summed E-state index contributed by atoms with van der Waals surface area (Å²) in [6, 6.07) is 9.11. The monoisotopic (exact) mass is 300 g/mol. The molecule has 1 aromatic rings. The Morgan fingerprint density at radius 2 is 1.70 bits per heavy atom. The average Bonchev–Trinajstić information content (AvgIpc) is 2.38. The Morgan fingerprint density at radius 3 is 2.15 bits per heavy atom. The average molecular weight is 300 g/mol. The highest BCUT2D eigenvalue weighted by molar-refractivity contribution is 7.86. The number of carboxylic acids is 1. The predicted octanol–water partition coefficient (Wildman–Crippen LogP) is 1.16. The predicted molar refractivity (Wildman–Crippen MR) is 76.3 cm³/mol. The van der Waals surface area contributed by atoms with Crippen LogP contribution in [0.2, 0.25) is 0 Å². The summed E-state index contributed by atoms with van der Waals surface area (Å²) in [5, 5.41) is 9.12. The number of aliphatic carboxylic acids is 1. The fraction of sp³-hybridized carbons (Fsp3) is 0.462. The largest absolute Gasteiger partial charge is 0.480 e. The third-order valence-electron chi connectivity index (χ3n) is 3.30. The van der Waals surface area contributed by atoms with Crippen LogP contribution in [-0.4, -0.2) is 47.7 Å². The molecule has 0 fully saturated rings. The van der Waals surface area contributed by atoms with Crippen molar-refractivity contribution in [3.63, 3.8) is 0 Å². The highest BCUT2D eigenvalue weighted by Crippen LogP contribution is 2.20. The van der Waals surface area contributed by atoms with Gasteiger partial charge < -0.3 is 5.11 Å². The number of benzene rings is 1. The summed E-state index contributed by atoms with van der Waals surface area (Å²) in [5.74, 6) is -1.20. The molecule has 1 aromatic carbocycles. The number of carboxylic acid groups (broad SMARTS) is 1. The highest BCUT2D eigenvalue weighted by atomic mass is 32.2. The number of rotatable bonds is 6. The summed E-state index contributed by atoms with van der Waals surface area (Å²) in [6.07, 6.45) is 0. The van der Waals surface area contributed by atoms with Crippen molar-refractivity contribution in [2.24, 2.45) is 0 Å². The topological polar surface area (TPSA) is 77.9 Å². The van der Waals surface area contributed by atoms with E-state index in [1.165, 1.54) is 27.9 Å². The van der Waals surface area contributed by atoms with Crippen LogP contribution in [-0.2, 0) is 21.5 Å². The molecule has 1 rings (SSSR count). The van der Waals surface area contributed by atoms with Crippen LogP contribution in [0.15, 0.2) is 30.3 Å². The van der Waals surface area contributed by atoms with Gasteiger partial charge in [-0.3, -0.25) is 4.79 Å². The minimum Gasteiger partial charge on any atom is -0.480 e. The molecule has 0 atom stereocenters. The van der Waals surface area contributed by atoms with Crippen LogP contribution in [0.1, 0.15) is 19.4 Å². The molecular formula is C13H20N2O4S. The van der Waals surface area contributed by atoms with Gasteiger partial charge in [-0.1, -0.05) is 30.3 Å². The molecule has 0 aliphatic rings. The Morgan fingerprint density at radius 1 is 1.20 bits per heavy atom. The van der Waals surface area contributed by atoms with E-state index >= 15 is 0 Å². The quantitative estimate of drug-likeness (QED) is 0.855. The van der Waals surface area contributed by atoms with Gasteiger partial charge in [0, 0.05) is 20.6 Å². The van der Waals surface area contributed by atoms with E-state index in [2.05, 4.69) is 0 Å².